The number of nitrogens with zero attached hydrogens (tertiary/aromatic N) is 6. The molecule has 3 aliphatic rings. The van der Waals surface area contributed by atoms with Crippen LogP contribution in [0.3, 0.4) is 0 Å². The molecule has 0 unspecified atom stereocenters. The number of rotatable bonds is 6. The molecule has 2 aromatic rings. The van der Waals surface area contributed by atoms with Gasteiger partial charge in [0, 0.05) is 82.6 Å². The van der Waals surface area contributed by atoms with E-state index in [-0.39, 0.29) is 11.4 Å². The van der Waals surface area contributed by atoms with Gasteiger partial charge in [0.2, 0.25) is 10.0 Å². The Balaban J connectivity index is 1.18. The zero-order valence-corrected chi connectivity index (χ0v) is 24.2. The van der Waals surface area contributed by atoms with Gasteiger partial charge in [-0.3, -0.25) is 4.90 Å². The van der Waals surface area contributed by atoms with Crippen LogP contribution in [0.2, 0.25) is 0 Å². The van der Waals surface area contributed by atoms with Gasteiger partial charge in [-0.2, -0.15) is 4.68 Å². The first-order valence-corrected chi connectivity index (χ1v) is 15.7. The normalized spacial score (nSPS) is 20.5. The fourth-order valence-electron chi connectivity index (χ4n) is 6.11. The Kier molecular flexibility index (Phi) is 7.76. The van der Waals surface area contributed by atoms with Gasteiger partial charge in [0.1, 0.15) is 0 Å². The van der Waals surface area contributed by atoms with E-state index in [0.29, 0.717) is 32.0 Å². The van der Waals surface area contributed by atoms with E-state index in [1.165, 1.54) is 27.8 Å². The van der Waals surface area contributed by atoms with Crippen molar-refractivity contribution in [2.75, 3.05) is 68.8 Å². The first kappa shape index (κ1) is 27.7. The molecule has 0 atom stereocenters. The molecule has 39 heavy (non-hydrogen) atoms. The van der Waals surface area contributed by atoms with Crippen LogP contribution in [0.25, 0.3) is 0 Å². The summed E-state index contributed by atoms with van der Waals surface area (Å²) in [6.07, 6.45) is 6.01. The van der Waals surface area contributed by atoms with Gasteiger partial charge in [-0.15, -0.1) is 5.10 Å². The number of amides is 1. The van der Waals surface area contributed by atoms with Gasteiger partial charge in [0.25, 0.3) is 0 Å². The maximum absolute atomic E-state index is 13.0. The number of aromatic nitrogens is 2. The second kappa shape index (κ2) is 10.9. The lowest BCUT2D eigenvalue weighted by Gasteiger charge is -2.41. The summed E-state index contributed by atoms with van der Waals surface area (Å²) in [6.45, 7) is 14.8. The average molecular weight is 556 g/mol. The molecule has 3 fully saturated rings. The van der Waals surface area contributed by atoms with Gasteiger partial charge < -0.3 is 15.1 Å². The lowest BCUT2D eigenvalue weighted by Crippen LogP contribution is -2.49. The van der Waals surface area contributed by atoms with E-state index in [1.54, 1.807) is 16.6 Å². The van der Waals surface area contributed by atoms with Crippen molar-refractivity contribution in [3.8, 4) is 0 Å². The summed E-state index contributed by atoms with van der Waals surface area (Å²) in [7, 11) is -3.12. The number of nitrogens with one attached hydrogen (secondary N) is 1. The maximum atomic E-state index is 13.0. The number of carbonyl (C=O) groups excluding carboxylic acids is 1. The number of anilines is 2. The fourth-order valence-corrected chi connectivity index (χ4v) is 7.04. The molecule has 4 heterocycles. The summed E-state index contributed by atoms with van der Waals surface area (Å²) in [4.78, 5) is 19.7. The number of hydrogen-bond acceptors (Lipinski definition) is 7. The van der Waals surface area contributed by atoms with Crippen LogP contribution in [0.5, 0.6) is 0 Å². The number of benzene rings is 1. The SMILES string of the molecule is C=C(C)Nc1ccn(C(=O)N2CCN(Cc3ccc(C)cc3N3CCC4(CC3)CCN(S(C)(=O)=O)C4)CC2)n1. The average Bonchev–Trinajstić information content (AvgIpc) is 3.53. The van der Waals surface area contributed by atoms with E-state index < -0.39 is 10.0 Å². The molecule has 1 aromatic carbocycles. The van der Waals surface area contributed by atoms with Crippen LogP contribution in [0.15, 0.2) is 42.7 Å². The van der Waals surface area contributed by atoms with Gasteiger partial charge in [-0.1, -0.05) is 18.7 Å². The highest BCUT2D eigenvalue weighted by molar-refractivity contribution is 7.88. The summed E-state index contributed by atoms with van der Waals surface area (Å²) in [5, 5.41) is 7.37. The minimum atomic E-state index is -3.12. The van der Waals surface area contributed by atoms with Crippen LogP contribution in [0.4, 0.5) is 16.3 Å². The van der Waals surface area contributed by atoms with Crippen molar-refractivity contribution in [1.82, 2.24) is 23.9 Å². The molecule has 11 heteroatoms. The molecular formula is C28H41N7O3S. The van der Waals surface area contributed by atoms with Gasteiger partial charge in [0.15, 0.2) is 5.82 Å². The highest BCUT2D eigenvalue weighted by atomic mass is 32.2. The lowest BCUT2D eigenvalue weighted by atomic mass is 9.77. The highest BCUT2D eigenvalue weighted by Crippen LogP contribution is 2.42. The van der Waals surface area contributed by atoms with Crippen LogP contribution in [0.1, 0.15) is 37.3 Å². The Morgan fingerprint density at radius 1 is 1.05 bits per heavy atom. The summed E-state index contributed by atoms with van der Waals surface area (Å²) >= 11 is 0. The molecule has 10 nitrogen and oxygen atoms in total. The van der Waals surface area contributed by atoms with Crippen molar-refractivity contribution in [2.24, 2.45) is 5.41 Å². The molecule has 1 aromatic heterocycles. The van der Waals surface area contributed by atoms with Crippen LogP contribution in [-0.2, 0) is 16.6 Å². The third kappa shape index (κ3) is 6.31. The summed E-state index contributed by atoms with van der Waals surface area (Å²) in [5.41, 5.74) is 4.73. The smallest absolute Gasteiger partial charge is 0.344 e. The summed E-state index contributed by atoms with van der Waals surface area (Å²) in [5.74, 6) is 0.616. The minimum absolute atomic E-state index is 0.107. The van der Waals surface area contributed by atoms with Crippen molar-refractivity contribution in [1.29, 1.82) is 0 Å². The maximum Gasteiger partial charge on any atom is 0.344 e. The van der Waals surface area contributed by atoms with Crippen LogP contribution >= 0.6 is 0 Å². The quantitative estimate of drug-likeness (QED) is 0.585. The van der Waals surface area contributed by atoms with E-state index in [4.69, 9.17) is 0 Å². The zero-order valence-electron chi connectivity index (χ0n) is 23.4. The Hall–Kier alpha value is -2.89. The molecule has 0 radical (unpaired) electrons. The van der Waals surface area contributed by atoms with Gasteiger partial charge in [0.05, 0.1) is 6.26 Å². The molecule has 0 saturated carbocycles. The number of piperazine rings is 1. The van der Waals surface area contributed by atoms with E-state index in [1.807, 2.05) is 11.8 Å². The Labute approximate surface area is 232 Å². The minimum Gasteiger partial charge on any atom is -0.371 e. The van der Waals surface area contributed by atoms with E-state index in [0.717, 1.165) is 57.7 Å². The van der Waals surface area contributed by atoms with Crippen molar-refractivity contribution >= 4 is 27.6 Å². The number of carbonyl (C=O) groups is 1. The number of aryl methyl sites for hydroxylation is 1. The standard InChI is InChI=1S/C28H41N7O3S/c1-22(2)29-26-7-11-35(30-26)27(36)33-17-15-31(16-18-33)20-24-6-5-23(3)19-25(24)32-12-8-28(9-13-32)10-14-34(21-28)39(4,37)38/h5-7,11,19H,1,8-10,12-18,20-21H2,2-4H3,(H,29,30). The van der Waals surface area contributed by atoms with E-state index >= 15 is 0 Å². The van der Waals surface area contributed by atoms with Crippen molar-refractivity contribution in [2.45, 2.75) is 39.7 Å². The highest BCUT2D eigenvalue weighted by Gasteiger charge is 2.43. The molecule has 1 spiro atoms. The second-order valence-electron chi connectivity index (χ2n) is 11.6. The number of hydrogen-bond donors (Lipinski definition) is 1. The predicted molar refractivity (Wildman–Crippen MR) is 154 cm³/mol. The molecule has 1 amide bonds. The largest absolute Gasteiger partial charge is 0.371 e. The Morgan fingerprint density at radius 2 is 1.74 bits per heavy atom. The second-order valence-corrected chi connectivity index (χ2v) is 13.5. The number of sulfonamides is 1. The van der Waals surface area contributed by atoms with Crippen molar-refractivity contribution in [3.63, 3.8) is 0 Å². The molecule has 0 bridgehead atoms. The Morgan fingerprint density at radius 3 is 2.38 bits per heavy atom. The number of piperidine rings is 1. The number of allylic oxidation sites excluding steroid dienone is 1. The van der Waals surface area contributed by atoms with Gasteiger partial charge in [-0.25, -0.2) is 17.5 Å². The van der Waals surface area contributed by atoms with Crippen LogP contribution in [0, 0.1) is 12.3 Å². The molecule has 3 saturated heterocycles. The third-order valence-corrected chi connectivity index (χ3v) is 9.69. The van der Waals surface area contributed by atoms with Gasteiger partial charge in [-0.05, 0) is 55.7 Å². The van der Waals surface area contributed by atoms with Crippen LogP contribution in [-0.4, -0.2) is 96.9 Å². The fraction of sp³-hybridized carbons (Fsp3) is 0.571. The van der Waals surface area contributed by atoms with Crippen LogP contribution < -0.4 is 10.2 Å². The van der Waals surface area contributed by atoms with E-state index in [2.05, 4.69) is 51.9 Å². The molecule has 0 aliphatic carbocycles. The van der Waals surface area contributed by atoms with Gasteiger partial charge >= 0.3 is 6.03 Å². The monoisotopic (exact) mass is 555 g/mol. The lowest BCUT2D eigenvalue weighted by molar-refractivity contribution is 0.134. The van der Waals surface area contributed by atoms with Crippen molar-refractivity contribution in [3.05, 3.63) is 53.9 Å². The molecule has 5 rings (SSSR count). The summed E-state index contributed by atoms with van der Waals surface area (Å²) in [6, 6.07) is 8.38. The molecular weight excluding hydrogens is 514 g/mol. The zero-order chi connectivity index (χ0) is 27.8. The Bertz CT molecular complexity index is 1320. The topological polar surface area (TPSA) is 94.0 Å². The summed E-state index contributed by atoms with van der Waals surface area (Å²) < 4.78 is 27.2. The predicted octanol–water partition coefficient (Wildman–Crippen LogP) is 3.17. The third-order valence-electron chi connectivity index (χ3n) is 8.44. The van der Waals surface area contributed by atoms with E-state index in [9.17, 15) is 13.2 Å². The van der Waals surface area contributed by atoms with Crippen molar-refractivity contribution < 1.29 is 13.2 Å². The first-order valence-electron chi connectivity index (χ1n) is 13.8. The first-order chi connectivity index (χ1) is 18.5. The molecule has 3 aliphatic heterocycles. The molecule has 1 N–H and O–H groups in total. The molecule has 212 valence electrons.